The Morgan fingerprint density at radius 1 is 1.00 bits per heavy atom. The highest BCUT2D eigenvalue weighted by molar-refractivity contribution is 7.89. The third-order valence-electron chi connectivity index (χ3n) is 7.75. The Labute approximate surface area is 253 Å². The summed E-state index contributed by atoms with van der Waals surface area (Å²) in [6, 6.07) is 8.48. The Hall–Kier alpha value is -2.41. The van der Waals surface area contributed by atoms with E-state index in [-0.39, 0.29) is 58.2 Å². The molecule has 3 saturated heterocycles. The van der Waals surface area contributed by atoms with E-state index < -0.39 is 34.2 Å². The average Bonchev–Trinajstić information content (AvgIpc) is 2.86. The summed E-state index contributed by atoms with van der Waals surface area (Å²) in [6.07, 6.45) is -0.903. The molecule has 0 bridgehead atoms. The molecular formula is C27H30Cl3N5O5S. The second-order valence-corrected chi connectivity index (χ2v) is 13.9. The first kappa shape index (κ1) is 30.1. The van der Waals surface area contributed by atoms with Crippen LogP contribution in [0.25, 0.3) is 0 Å². The topological polar surface area (TPSA) is 119 Å². The number of hydrogen-bond donors (Lipinski definition) is 2. The molecule has 14 heteroatoms. The van der Waals surface area contributed by atoms with E-state index in [0.29, 0.717) is 18.1 Å². The summed E-state index contributed by atoms with van der Waals surface area (Å²) < 4.78 is 29.6. The van der Waals surface area contributed by atoms with E-state index in [0.717, 1.165) is 5.56 Å². The molecular weight excluding hydrogens is 613 g/mol. The highest BCUT2D eigenvalue weighted by Gasteiger charge is 2.54. The molecule has 0 aromatic heterocycles. The number of halogens is 3. The molecule has 2 aromatic rings. The van der Waals surface area contributed by atoms with E-state index in [1.165, 1.54) is 27.4 Å². The average molecular weight is 643 g/mol. The van der Waals surface area contributed by atoms with Crippen molar-refractivity contribution in [2.24, 2.45) is 5.92 Å². The molecule has 10 nitrogen and oxygen atoms in total. The lowest BCUT2D eigenvalue weighted by Crippen LogP contribution is -2.76. The van der Waals surface area contributed by atoms with E-state index in [4.69, 9.17) is 34.8 Å². The van der Waals surface area contributed by atoms with Crippen molar-refractivity contribution in [1.82, 2.24) is 24.7 Å². The molecule has 2 N–H and O–H groups in total. The lowest BCUT2D eigenvalue weighted by molar-refractivity contribution is -0.169. The molecule has 3 heterocycles. The molecule has 220 valence electrons. The first-order chi connectivity index (χ1) is 19.4. The number of carbonyl (C=O) groups excluding carboxylic acids is 3. The number of rotatable bonds is 7. The zero-order valence-electron chi connectivity index (χ0n) is 22.4. The molecule has 41 heavy (non-hydrogen) atoms. The number of benzene rings is 2. The number of carbonyl (C=O) groups is 3. The SMILES string of the molecule is CC(C)N1CC2N(C(=O)C(NC(=O)C3CNC3)CN2S(=O)(=O)c2ccc(Cl)cc2Cl)C(Cc2ccc(Cl)cc2)C1=O. The van der Waals surface area contributed by atoms with E-state index in [1.807, 2.05) is 13.8 Å². The minimum Gasteiger partial charge on any atom is -0.343 e. The Bertz CT molecular complexity index is 1470. The van der Waals surface area contributed by atoms with Crippen LogP contribution in [-0.2, 0) is 30.8 Å². The van der Waals surface area contributed by atoms with Gasteiger partial charge in [-0.1, -0.05) is 46.9 Å². The summed E-state index contributed by atoms with van der Waals surface area (Å²) >= 11 is 18.5. The molecule has 0 aliphatic carbocycles. The van der Waals surface area contributed by atoms with E-state index in [2.05, 4.69) is 10.6 Å². The third-order valence-corrected chi connectivity index (χ3v) is 10.6. The number of sulfonamides is 1. The predicted octanol–water partition coefficient (Wildman–Crippen LogP) is 2.37. The minimum atomic E-state index is -4.32. The summed E-state index contributed by atoms with van der Waals surface area (Å²) in [4.78, 5) is 43.6. The molecule has 0 spiro atoms. The summed E-state index contributed by atoms with van der Waals surface area (Å²) in [5.74, 6) is -1.51. The van der Waals surface area contributed by atoms with Crippen molar-refractivity contribution >= 4 is 62.5 Å². The van der Waals surface area contributed by atoms with Gasteiger partial charge in [0.2, 0.25) is 27.7 Å². The van der Waals surface area contributed by atoms with Gasteiger partial charge in [-0.05, 0) is 49.7 Å². The fourth-order valence-corrected chi connectivity index (χ4v) is 7.86. The summed E-state index contributed by atoms with van der Waals surface area (Å²) in [6.45, 7) is 4.23. The molecule has 0 saturated carbocycles. The van der Waals surface area contributed by atoms with E-state index in [1.54, 1.807) is 29.2 Å². The quantitative estimate of drug-likeness (QED) is 0.479. The second-order valence-electron chi connectivity index (χ2n) is 10.7. The number of piperazine rings is 1. The molecule has 3 aliphatic rings. The smallest absolute Gasteiger partial charge is 0.248 e. The third kappa shape index (κ3) is 5.80. The zero-order chi connectivity index (χ0) is 29.6. The molecule has 3 atom stereocenters. The van der Waals surface area contributed by atoms with Gasteiger partial charge in [0.1, 0.15) is 23.1 Å². The zero-order valence-corrected chi connectivity index (χ0v) is 25.5. The minimum absolute atomic E-state index is 0.0446. The van der Waals surface area contributed by atoms with Gasteiger partial charge < -0.3 is 20.4 Å². The van der Waals surface area contributed by atoms with Crippen LogP contribution in [0.3, 0.4) is 0 Å². The first-order valence-corrected chi connectivity index (χ1v) is 15.8. The van der Waals surface area contributed by atoms with Crippen LogP contribution in [0.2, 0.25) is 15.1 Å². The van der Waals surface area contributed by atoms with Crippen LogP contribution in [0, 0.1) is 5.92 Å². The summed E-state index contributed by atoms with van der Waals surface area (Å²) in [7, 11) is -4.32. The number of fused-ring (bicyclic) bond motifs is 1. The maximum atomic E-state index is 14.2. The maximum Gasteiger partial charge on any atom is 0.248 e. The predicted molar refractivity (Wildman–Crippen MR) is 155 cm³/mol. The molecule has 0 radical (unpaired) electrons. The van der Waals surface area contributed by atoms with Crippen LogP contribution >= 0.6 is 34.8 Å². The molecule has 3 fully saturated rings. The van der Waals surface area contributed by atoms with Crippen molar-refractivity contribution in [3.05, 3.63) is 63.1 Å². The van der Waals surface area contributed by atoms with Crippen LogP contribution < -0.4 is 10.6 Å². The normalized spacial score (nSPS) is 23.9. The van der Waals surface area contributed by atoms with Crippen LogP contribution in [0.15, 0.2) is 47.4 Å². The Kier molecular flexibility index (Phi) is 8.58. The van der Waals surface area contributed by atoms with Crippen molar-refractivity contribution in [3.63, 3.8) is 0 Å². The highest BCUT2D eigenvalue weighted by atomic mass is 35.5. The fourth-order valence-electron chi connectivity index (χ4n) is 5.40. The van der Waals surface area contributed by atoms with Crippen molar-refractivity contribution in [2.45, 2.75) is 49.5 Å². The van der Waals surface area contributed by atoms with Crippen LogP contribution in [0.4, 0.5) is 0 Å². The highest BCUT2D eigenvalue weighted by Crippen LogP contribution is 2.35. The Morgan fingerprint density at radius 2 is 1.66 bits per heavy atom. The van der Waals surface area contributed by atoms with Gasteiger partial charge in [0.15, 0.2) is 0 Å². The van der Waals surface area contributed by atoms with E-state index >= 15 is 0 Å². The summed E-state index contributed by atoms with van der Waals surface area (Å²) in [5.41, 5.74) is 0.742. The van der Waals surface area contributed by atoms with Crippen molar-refractivity contribution in [3.8, 4) is 0 Å². The Morgan fingerprint density at radius 3 is 2.24 bits per heavy atom. The van der Waals surface area contributed by atoms with Crippen molar-refractivity contribution in [2.75, 3.05) is 26.2 Å². The summed E-state index contributed by atoms with van der Waals surface area (Å²) in [5, 5.41) is 6.47. The van der Waals surface area contributed by atoms with E-state index in [9.17, 15) is 22.8 Å². The van der Waals surface area contributed by atoms with Crippen LogP contribution in [-0.4, -0.2) is 90.7 Å². The van der Waals surface area contributed by atoms with Crippen LogP contribution in [0.5, 0.6) is 0 Å². The number of hydrogen-bond acceptors (Lipinski definition) is 6. The largest absolute Gasteiger partial charge is 0.343 e. The molecule has 3 aliphatic heterocycles. The lowest BCUT2D eigenvalue weighted by Gasteiger charge is -2.54. The number of amides is 3. The van der Waals surface area contributed by atoms with Crippen LogP contribution in [0.1, 0.15) is 19.4 Å². The monoisotopic (exact) mass is 641 g/mol. The molecule has 3 amide bonds. The Balaban J connectivity index is 1.59. The van der Waals surface area contributed by atoms with Gasteiger partial charge in [0.25, 0.3) is 0 Å². The van der Waals surface area contributed by atoms with Gasteiger partial charge >= 0.3 is 0 Å². The molecule has 2 aromatic carbocycles. The maximum absolute atomic E-state index is 14.2. The van der Waals surface area contributed by atoms with Gasteiger partial charge in [-0.3, -0.25) is 14.4 Å². The van der Waals surface area contributed by atoms with Gasteiger partial charge in [0, 0.05) is 42.1 Å². The van der Waals surface area contributed by atoms with Crippen molar-refractivity contribution in [1.29, 1.82) is 0 Å². The lowest BCUT2D eigenvalue weighted by atomic mass is 9.96. The molecule has 5 rings (SSSR count). The second kappa shape index (κ2) is 11.7. The number of nitrogens with zero attached hydrogens (tertiary/aromatic N) is 3. The van der Waals surface area contributed by atoms with Gasteiger partial charge in [-0.25, -0.2) is 8.42 Å². The number of nitrogens with one attached hydrogen (secondary N) is 2. The van der Waals surface area contributed by atoms with Gasteiger partial charge in [-0.15, -0.1) is 0 Å². The first-order valence-electron chi connectivity index (χ1n) is 13.2. The fraction of sp³-hybridized carbons (Fsp3) is 0.444. The van der Waals surface area contributed by atoms with Gasteiger partial charge in [-0.2, -0.15) is 4.31 Å². The molecule has 3 unspecified atom stereocenters. The van der Waals surface area contributed by atoms with Gasteiger partial charge in [0.05, 0.1) is 17.5 Å². The standard InChI is InChI=1S/C27H30Cl3N5O5S/c1-15(2)33-14-24-34(41(39,40)23-8-7-19(29)10-20(23)30)13-21(32-25(36)17-11-31-12-17)26(37)35(24)22(27(33)38)9-16-3-5-18(28)6-4-16/h3-8,10,15,17,21-22,24,31H,9,11-14H2,1-2H3,(H,32,36). The van der Waals surface area contributed by atoms with Crippen molar-refractivity contribution < 1.29 is 22.8 Å².